The van der Waals surface area contributed by atoms with Gasteiger partial charge in [-0.05, 0) is 57.7 Å². The van der Waals surface area contributed by atoms with Crippen molar-refractivity contribution < 1.29 is 14.2 Å². The first-order valence-corrected chi connectivity index (χ1v) is 9.07. The first-order valence-electron chi connectivity index (χ1n) is 7.87. The second kappa shape index (κ2) is 9.63. The van der Waals surface area contributed by atoms with Crippen LogP contribution in [-0.4, -0.2) is 32.9 Å². The van der Waals surface area contributed by atoms with Crippen molar-refractivity contribution in [1.29, 1.82) is 0 Å². The largest absolute Gasteiger partial charge is 0.496 e. The molecule has 1 N–H and O–H groups in total. The average molecular weight is 424 g/mol. The van der Waals surface area contributed by atoms with E-state index in [4.69, 9.17) is 26.4 Å². The summed E-state index contributed by atoms with van der Waals surface area (Å²) in [5.74, 6) is 2.29. The van der Waals surface area contributed by atoms with E-state index in [9.17, 15) is 0 Å². The van der Waals surface area contributed by atoms with Gasteiger partial charge in [-0.15, -0.1) is 0 Å². The van der Waals surface area contributed by atoms with Crippen molar-refractivity contribution in [2.24, 2.45) is 0 Å². The van der Waals surface area contributed by atoms with Gasteiger partial charge in [0.25, 0.3) is 0 Å². The predicted octanol–water partition coefficient (Wildman–Crippen LogP) is 4.18. The third-order valence-corrected chi connectivity index (χ3v) is 4.67. The molecular formula is C19H22BrNO3S. The molecule has 0 fully saturated rings. The second-order valence-electron chi connectivity index (χ2n) is 5.43. The van der Waals surface area contributed by atoms with Gasteiger partial charge in [0.15, 0.2) is 11.5 Å². The van der Waals surface area contributed by atoms with Crippen LogP contribution in [0.2, 0.25) is 0 Å². The van der Waals surface area contributed by atoms with Crippen LogP contribution >= 0.6 is 28.1 Å². The molecule has 0 unspecified atom stereocenters. The van der Waals surface area contributed by atoms with Gasteiger partial charge in [-0.2, -0.15) is 0 Å². The van der Waals surface area contributed by atoms with Gasteiger partial charge in [0, 0.05) is 13.0 Å². The van der Waals surface area contributed by atoms with Crippen LogP contribution in [0.5, 0.6) is 17.2 Å². The monoisotopic (exact) mass is 423 g/mol. The van der Waals surface area contributed by atoms with Gasteiger partial charge in [0.2, 0.25) is 0 Å². The molecule has 0 saturated carbocycles. The van der Waals surface area contributed by atoms with Gasteiger partial charge in [-0.1, -0.05) is 24.4 Å². The molecular weight excluding hydrogens is 402 g/mol. The van der Waals surface area contributed by atoms with Crippen LogP contribution < -0.4 is 19.5 Å². The first-order chi connectivity index (χ1) is 12.1. The summed E-state index contributed by atoms with van der Waals surface area (Å²) in [7, 11) is 4.93. The third-order valence-electron chi connectivity index (χ3n) is 3.76. The molecule has 0 amide bonds. The number of hydrogen-bond acceptors (Lipinski definition) is 4. The van der Waals surface area contributed by atoms with Gasteiger partial charge in [0.05, 0.1) is 30.8 Å². The van der Waals surface area contributed by atoms with Crippen molar-refractivity contribution in [2.45, 2.75) is 12.8 Å². The summed E-state index contributed by atoms with van der Waals surface area (Å²) in [4.78, 5) is 0.817. The minimum atomic E-state index is 0.698. The zero-order chi connectivity index (χ0) is 18.2. The van der Waals surface area contributed by atoms with Crippen LogP contribution in [0.25, 0.3) is 0 Å². The minimum Gasteiger partial charge on any atom is -0.496 e. The van der Waals surface area contributed by atoms with Gasteiger partial charge in [-0.3, -0.25) is 0 Å². The number of rotatable bonds is 8. The van der Waals surface area contributed by atoms with Crippen LogP contribution in [0.4, 0.5) is 0 Å². The SMILES string of the molecule is COc1ccc(CC(=S)NCCc2ccc(OC)c(OC)c2)cc1Br. The van der Waals surface area contributed by atoms with Crippen LogP contribution in [0, 0.1) is 0 Å². The molecule has 0 saturated heterocycles. The van der Waals surface area contributed by atoms with Gasteiger partial charge >= 0.3 is 0 Å². The maximum Gasteiger partial charge on any atom is 0.160 e. The number of methoxy groups -OCH3 is 3. The molecule has 0 radical (unpaired) electrons. The van der Waals surface area contributed by atoms with Gasteiger partial charge < -0.3 is 19.5 Å². The standard InChI is InChI=1S/C19H22BrNO3S/c1-22-16-6-5-14(10-15(16)20)12-19(25)21-9-8-13-4-7-17(23-2)18(11-13)24-3/h4-7,10-11H,8-9,12H2,1-3H3,(H,21,25). The number of benzene rings is 2. The lowest BCUT2D eigenvalue weighted by Crippen LogP contribution is -2.25. The summed E-state index contributed by atoms with van der Waals surface area (Å²) >= 11 is 8.94. The number of nitrogens with one attached hydrogen (secondary N) is 1. The topological polar surface area (TPSA) is 39.7 Å². The van der Waals surface area contributed by atoms with Crippen LogP contribution in [0.15, 0.2) is 40.9 Å². The zero-order valence-corrected chi connectivity index (χ0v) is 17.0. The number of ether oxygens (including phenoxy) is 3. The fourth-order valence-electron chi connectivity index (χ4n) is 2.45. The molecule has 4 nitrogen and oxygen atoms in total. The molecule has 0 aliphatic heterocycles. The van der Waals surface area contributed by atoms with Crippen molar-refractivity contribution in [3.05, 3.63) is 52.0 Å². The zero-order valence-electron chi connectivity index (χ0n) is 14.6. The van der Waals surface area contributed by atoms with E-state index in [-0.39, 0.29) is 0 Å². The molecule has 0 bridgehead atoms. The van der Waals surface area contributed by atoms with E-state index in [2.05, 4.69) is 21.2 Å². The Kier molecular flexibility index (Phi) is 7.52. The quantitative estimate of drug-likeness (QED) is 0.644. The normalized spacial score (nSPS) is 10.2. The van der Waals surface area contributed by atoms with Crippen molar-refractivity contribution in [3.8, 4) is 17.2 Å². The first kappa shape index (κ1) is 19.5. The van der Waals surface area contributed by atoms with E-state index in [0.717, 1.165) is 45.2 Å². The molecule has 0 aliphatic carbocycles. The lowest BCUT2D eigenvalue weighted by Gasteiger charge is -2.11. The fourth-order valence-corrected chi connectivity index (χ4v) is 3.31. The molecule has 0 aliphatic rings. The highest BCUT2D eigenvalue weighted by molar-refractivity contribution is 9.10. The average Bonchev–Trinajstić information content (AvgIpc) is 2.61. The Hall–Kier alpha value is -1.79. The van der Waals surface area contributed by atoms with Crippen molar-refractivity contribution in [1.82, 2.24) is 5.32 Å². The fraction of sp³-hybridized carbons (Fsp3) is 0.316. The van der Waals surface area contributed by atoms with Crippen LogP contribution in [-0.2, 0) is 12.8 Å². The molecule has 2 aromatic carbocycles. The molecule has 25 heavy (non-hydrogen) atoms. The summed E-state index contributed by atoms with van der Waals surface area (Å²) in [6.07, 6.45) is 1.55. The summed E-state index contributed by atoms with van der Waals surface area (Å²) < 4.78 is 16.8. The predicted molar refractivity (Wildman–Crippen MR) is 108 cm³/mol. The molecule has 2 rings (SSSR count). The highest BCUT2D eigenvalue weighted by Gasteiger charge is 2.06. The highest BCUT2D eigenvalue weighted by atomic mass is 79.9. The third kappa shape index (κ3) is 5.61. The van der Waals surface area contributed by atoms with E-state index < -0.39 is 0 Å². The molecule has 2 aromatic rings. The second-order valence-corrected chi connectivity index (χ2v) is 6.78. The maximum absolute atomic E-state index is 5.44. The van der Waals surface area contributed by atoms with E-state index in [0.29, 0.717) is 6.42 Å². The van der Waals surface area contributed by atoms with Gasteiger partial charge in [0.1, 0.15) is 5.75 Å². The van der Waals surface area contributed by atoms with E-state index in [1.807, 2.05) is 36.4 Å². The lowest BCUT2D eigenvalue weighted by atomic mass is 10.1. The number of thiocarbonyl (C=S) groups is 1. The highest BCUT2D eigenvalue weighted by Crippen LogP contribution is 2.28. The molecule has 6 heteroatoms. The minimum absolute atomic E-state index is 0.698. The summed E-state index contributed by atoms with van der Waals surface area (Å²) in [6.45, 7) is 0.769. The van der Waals surface area contributed by atoms with Crippen LogP contribution in [0.3, 0.4) is 0 Å². The molecule has 0 spiro atoms. The molecule has 0 heterocycles. The Bertz CT molecular complexity index is 737. The van der Waals surface area contributed by atoms with Crippen molar-refractivity contribution in [3.63, 3.8) is 0 Å². The van der Waals surface area contributed by atoms with Gasteiger partial charge in [-0.25, -0.2) is 0 Å². The smallest absolute Gasteiger partial charge is 0.160 e. The summed E-state index contributed by atoms with van der Waals surface area (Å²) in [5, 5.41) is 3.31. The lowest BCUT2D eigenvalue weighted by molar-refractivity contribution is 0.354. The summed E-state index contributed by atoms with van der Waals surface area (Å²) in [6, 6.07) is 11.9. The molecule has 0 aromatic heterocycles. The summed E-state index contributed by atoms with van der Waals surface area (Å²) in [5.41, 5.74) is 2.30. The van der Waals surface area contributed by atoms with E-state index >= 15 is 0 Å². The van der Waals surface area contributed by atoms with Crippen molar-refractivity contribution in [2.75, 3.05) is 27.9 Å². The van der Waals surface area contributed by atoms with Crippen molar-refractivity contribution >= 4 is 33.1 Å². The Balaban J connectivity index is 1.85. The van der Waals surface area contributed by atoms with E-state index in [1.54, 1.807) is 21.3 Å². The maximum atomic E-state index is 5.44. The Morgan fingerprint density at radius 2 is 1.56 bits per heavy atom. The number of halogens is 1. The van der Waals surface area contributed by atoms with E-state index in [1.165, 1.54) is 5.56 Å². The Morgan fingerprint density at radius 3 is 2.20 bits per heavy atom. The molecule has 0 atom stereocenters. The Morgan fingerprint density at radius 1 is 0.920 bits per heavy atom. The molecule has 134 valence electrons. The Labute approximate surface area is 162 Å². The number of hydrogen-bond donors (Lipinski definition) is 1. The van der Waals surface area contributed by atoms with Crippen LogP contribution in [0.1, 0.15) is 11.1 Å².